The molecule has 3 aromatic carbocycles. The molecule has 4 aromatic rings. The highest BCUT2D eigenvalue weighted by Crippen LogP contribution is 2.23. The second kappa shape index (κ2) is 6.21. The average molecular weight is 362 g/mol. The Morgan fingerprint density at radius 1 is 0.704 bits per heavy atom. The molecule has 0 atom stereocenters. The smallest absolute Gasteiger partial charge is 0.138 e. The van der Waals surface area contributed by atoms with Crippen molar-refractivity contribution in [3.05, 3.63) is 46.8 Å². The van der Waals surface area contributed by atoms with Crippen molar-refractivity contribution in [1.82, 2.24) is 8.75 Å². The van der Waals surface area contributed by atoms with E-state index in [1.807, 2.05) is 24.3 Å². The van der Waals surface area contributed by atoms with E-state index in [4.69, 9.17) is 0 Å². The van der Waals surface area contributed by atoms with E-state index >= 15 is 0 Å². The van der Waals surface area contributed by atoms with E-state index in [-0.39, 0.29) is 11.1 Å². The van der Waals surface area contributed by atoms with Crippen molar-refractivity contribution in [2.24, 2.45) is 0 Å². The first kappa shape index (κ1) is 16.2. The molecule has 0 aliphatic rings. The van der Waals surface area contributed by atoms with Gasteiger partial charge in [0.05, 0.1) is 11.7 Å². The SMILES string of the molecule is N#CC(C#N)=c1c2ccccc2c(=C(C#N)C#N)c2c1ccc1nsnc12. The highest BCUT2D eigenvalue weighted by Gasteiger charge is 2.16. The predicted octanol–water partition coefficient (Wildman–Crippen LogP) is 2.39. The molecule has 0 N–H and O–H groups in total. The van der Waals surface area contributed by atoms with Crippen LogP contribution in [0.15, 0.2) is 36.4 Å². The third-order valence-corrected chi connectivity index (χ3v) is 4.90. The quantitative estimate of drug-likeness (QED) is 0.443. The van der Waals surface area contributed by atoms with Crippen LogP contribution in [-0.2, 0) is 0 Å². The summed E-state index contributed by atoms with van der Waals surface area (Å²) in [6.45, 7) is 0. The number of aromatic nitrogens is 2. The maximum absolute atomic E-state index is 9.54. The zero-order valence-electron chi connectivity index (χ0n) is 13.6. The number of nitrogens with zero attached hydrogens (tertiary/aromatic N) is 6. The first-order chi connectivity index (χ1) is 13.2. The molecular weight excluding hydrogens is 356 g/mol. The maximum Gasteiger partial charge on any atom is 0.138 e. The molecule has 4 rings (SSSR count). The second-order valence-corrected chi connectivity index (χ2v) is 6.14. The second-order valence-electron chi connectivity index (χ2n) is 5.61. The third-order valence-electron chi connectivity index (χ3n) is 4.36. The van der Waals surface area contributed by atoms with Gasteiger partial charge in [-0.15, -0.1) is 0 Å². The Bertz CT molecular complexity index is 1530. The molecule has 6 nitrogen and oxygen atoms in total. The minimum Gasteiger partial charge on any atom is -0.192 e. The van der Waals surface area contributed by atoms with Crippen molar-refractivity contribution >= 4 is 55.5 Å². The van der Waals surface area contributed by atoms with E-state index < -0.39 is 0 Å². The van der Waals surface area contributed by atoms with E-state index in [9.17, 15) is 21.0 Å². The molecule has 122 valence electrons. The molecule has 0 fully saturated rings. The van der Waals surface area contributed by atoms with Crippen LogP contribution in [0.5, 0.6) is 0 Å². The molecule has 0 spiro atoms. The molecule has 0 saturated heterocycles. The van der Waals surface area contributed by atoms with Crippen LogP contribution in [0.1, 0.15) is 0 Å². The number of fused-ring (bicyclic) bond motifs is 4. The minimum atomic E-state index is -0.0567. The standard InChI is InChI=1S/C20H6N6S/c21-7-11(8-22)17-13-3-1-2-4-14(13)18(12(9-23)10-24)19-15(17)5-6-16-20(19)26-27-25-16/h1-6H. The van der Waals surface area contributed by atoms with Gasteiger partial charge in [-0.1, -0.05) is 30.3 Å². The van der Waals surface area contributed by atoms with E-state index in [0.29, 0.717) is 43.0 Å². The molecule has 7 heteroatoms. The zero-order valence-corrected chi connectivity index (χ0v) is 14.4. The van der Waals surface area contributed by atoms with Crippen LogP contribution >= 0.6 is 11.7 Å². The van der Waals surface area contributed by atoms with Crippen molar-refractivity contribution in [1.29, 1.82) is 21.0 Å². The van der Waals surface area contributed by atoms with Gasteiger partial charge in [-0.3, -0.25) is 0 Å². The number of hydrogen-bond acceptors (Lipinski definition) is 7. The monoisotopic (exact) mass is 362 g/mol. The lowest BCUT2D eigenvalue weighted by Crippen LogP contribution is -2.18. The van der Waals surface area contributed by atoms with Gasteiger partial charge in [-0.05, 0) is 22.2 Å². The first-order valence-corrected chi connectivity index (χ1v) is 8.43. The van der Waals surface area contributed by atoms with Gasteiger partial charge in [-0.2, -0.15) is 29.8 Å². The summed E-state index contributed by atoms with van der Waals surface area (Å²) in [6.07, 6.45) is 0. The van der Waals surface area contributed by atoms with E-state index in [0.717, 1.165) is 11.7 Å². The Labute approximate surface area is 156 Å². The van der Waals surface area contributed by atoms with Crippen molar-refractivity contribution < 1.29 is 0 Å². The van der Waals surface area contributed by atoms with Crippen LogP contribution in [0.3, 0.4) is 0 Å². The summed E-state index contributed by atoms with van der Waals surface area (Å²) in [5.41, 5.74) is 1.07. The van der Waals surface area contributed by atoms with Gasteiger partial charge in [0, 0.05) is 15.8 Å². The average Bonchev–Trinajstić information content (AvgIpc) is 3.19. The lowest BCUT2D eigenvalue weighted by molar-refractivity contribution is 1.50. The Kier molecular flexibility index (Phi) is 3.72. The molecule has 1 aromatic heterocycles. The molecule has 0 aliphatic heterocycles. The van der Waals surface area contributed by atoms with E-state index in [1.165, 1.54) is 0 Å². The number of hydrogen-bond donors (Lipinski definition) is 0. The lowest BCUT2D eigenvalue weighted by atomic mass is 9.93. The Hall–Kier alpha value is -4.30. The largest absolute Gasteiger partial charge is 0.192 e. The van der Waals surface area contributed by atoms with Crippen LogP contribution in [0.25, 0.3) is 43.7 Å². The lowest BCUT2D eigenvalue weighted by Gasteiger charge is -2.08. The highest BCUT2D eigenvalue weighted by atomic mass is 32.1. The summed E-state index contributed by atoms with van der Waals surface area (Å²) < 4.78 is 8.58. The van der Waals surface area contributed by atoms with Gasteiger partial charge in [0.15, 0.2) is 0 Å². The van der Waals surface area contributed by atoms with Crippen molar-refractivity contribution in [2.45, 2.75) is 0 Å². The summed E-state index contributed by atoms with van der Waals surface area (Å²) in [5, 5.41) is 41.4. The molecule has 0 unspecified atom stereocenters. The number of benzene rings is 3. The van der Waals surface area contributed by atoms with Gasteiger partial charge in [0.1, 0.15) is 46.5 Å². The van der Waals surface area contributed by atoms with Crippen LogP contribution in [-0.4, -0.2) is 8.75 Å². The van der Waals surface area contributed by atoms with E-state index in [1.54, 1.807) is 36.4 Å². The first-order valence-electron chi connectivity index (χ1n) is 7.69. The number of rotatable bonds is 0. The van der Waals surface area contributed by atoms with Crippen molar-refractivity contribution in [3.63, 3.8) is 0 Å². The molecular formula is C20H6N6S. The Balaban J connectivity index is 2.63. The zero-order chi connectivity index (χ0) is 19.0. The van der Waals surface area contributed by atoms with Gasteiger partial charge in [-0.25, -0.2) is 0 Å². The molecule has 0 saturated carbocycles. The van der Waals surface area contributed by atoms with Gasteiger partial charge >= 0.3 is 0 Å². The minimum absolute atomic E-state index is 0.0410. The summed E-state index contributed by atoms with van der Waals surface area (Å²) in [6, 6.07) is 18.5. The molecule has 27 heavy (non-hydrogen) atoms. The fourth-order valence-electron chi connectivity index (χ4n) is 3.31. The summed E-state index contributed by atoms with van der Waals surface area (Å²) in [4.78, 5) is 0. The van der Waals surface area contributed by atoms with Gasteiger partial charge in [0.2, 0.25) is 0 Å². The van der Waals surface area contributed by atoms with Gasteiger partial charge in [0.25, 0.3) is 0 Å². The van der Waals surface area contributed by atoms with Crippen molar-refractivity contribution in [3.8, 4) is 24.3 Å². The highest BCUT2D eigenvalue weighted by molar-refractivity contribution is 7.00. The third kappa shape index (κ3) is 2.21. The predicted molar refractivity (Wildman–Crippen MR) is 101 cm³/mol. The fraction of sp³-hybridized carbons (Fsp3) is 0. The van der Waals surface area contributed by atoms with Crippen LogP contribution in [0.2, 0.25) is 0 Å². The maximum atomic E-state index is 9.54. The van der Waals surface area contributed by atoms with Crippen molar-refractivity contribution in [2.75, 3.05) is 0 Å². The summed E-state index contributed by atoms with van der Waals surface area (Å²) in [7, 11) is 0. The topological polar surface area (TPSA) is 121 Å². The molecule has 0 radical (unpaired) electrons. The molecule has 1 heterocycles. The Morgan fingerprint density at radius 3 is 1.93 bits per heavy atom. The van der Waals surface area contributed by atoms with E-state index in [2.05, 4.69) is 8.75 Å². The van der Waals surface area contributed by atoms with Crippen LogP contribution in [0, 0.1) is 45.3 Å². The molecule has 0 amide bonds. The fourth-order valence-corrected chi connectivity index (χ4v) is 3.86. The van der Waals surface area contributed by atoms with Crippen LogP contribution < -0.4 is 10.4 Å². The molecule has 0 aliphatic carbocycles. The summed E-state index contributed by atoms with van der Waals surface area (Å²) >= 11 is 1.02. The van der Waals surface area contributed by atoms with Gasteiger partial charge < -0.3 is 0 Å². The molecule has 0 bridgehead atoms. The van der Waals surface area contributed by atoms with Crippen LogP contribution in [0.4, 0.5) is 0 Å². The summed E-state index contributed by atoms with van der Waals surface area (Å²) in [5.74, 6) is 0. The number of nitriles is 4. The Morgan fingerprint density at radius 2 is 1.30 bits per heavy atom. The normalized spacial score (nSPS) is 10.1.